The van der Waals surface area contributed by atoms with Crippen LogP contribution in [0.4, 0.5) is 5.69 Å². The lowest BCUT2D eigenvalue weighted by molar-refractivity contribution is -0.120. The molecule has 2 amide bonds. The third-order valence-electron chi connectivity index (χ3n) is 4.74. The zero-order chi connectivity index (χ0) is 20.4. The Bertz CT molecular complexity index is 953. The quantitative estimate of drug-likeness (QED) is 0.755. The number of ether oxygens (including phenoxy) is 1. The molecule has 0 spiro atoms. The van der Waals surface area contributed by atoms with Crippen molar-refractivity contribution in [2.45, 2.75) is 6.92 Å². The number of anilines is 1. The van der Waals surface area contributed by atoms with E-state index < -0.39 is 11.8 Å². The third kappa shape index (κ3) is 3.37. The molecule has 1 aliphatic rings. The highest BCUT2D eigenvalue weighted by Crippen LogP contribution is 2.37. The first-order chi connectivity index (χ1) is 13.4. The van der Waals surface area contributed by atoms with Crippen LogP contribution >= 0.6 is 11.6 Å². The van der Waals surface area contributed by atoms with Gasteiger partial charge in [-0.3, -0.25) is 9.59 Å². The molecule has 2 aromatic carbocycles. The molecule has 0 saturated heterocycles. The summed E-state index contributed by atoms with van der Waals surface area (Å²) in [5.41, 5.74) is 2.21. The van der Waals surface area contributed by atoms with Gasteiger partial charge in [0.05, 0.1) is 25.0 Å². The monoisotopic (exact) mass is 400 g/mol. The Morgan fingerprint density at radius 1 is 1.11 bits per heavy atom. The van der Waals surface area contributed by atoms with Gasteiger partial charge in [0, 0.05) is 18.6 Å². The van der Waals surface area contributed by atoms with E-state index in [4.69, 9.17) is 16.3 Å². The Morgan fingerprint density at radius 3 is 2.39 bits per heavy atom. The van der Waals surface area contributed by atoms with Crippen LogP contribution in [-0.2, 0) is 9.59 Å². The molecule has 0 bridgehead atoms. The van der Waals surface area contributed by atoms with Crippen LogP contribution in [0.3, 0.4) is 0 Å². The molecule has 0 saturated carbocycles. The maximum absolute atomic E-state index is 13.3. The van der Waals surface area contributed by atoms with Gasteiger partial charge in [-0.25, -0.2) is 4.90 Å². The summed E-state index contributed by atoms with van der Waals surface area (Å²) < 4.78 is 5.18. The molecule has 0 unspecified atom stereocenters. The van der Waals surface area contributed by atoms with Gasteiger partial charge in [0.2, 0.25) is 0 Å². The number of imide groups is 1. The molecule has 146 valence electrons. The lowest BCUT2D eigenvalue weighted by Crippen LogP contribution is -2.35. The van der Waals surface area contributed by atoms with Crippen LogP contribution < -0.4 is 9.64 Å². The van der Waals surface area contributed by atoms with Gasteiger partial charge in [0.25, 0.3) is 11.8 Å². The molecule has 0 aliphatic carbocycles. The number of rotatable bonds is 6. The number of carbonyl (C=O) groups excluding carboxylic acids is 2. The second kappa shape index (κ2) is 8.04. The molecular weight excluding hydrogens is 380 g/mol. The molecule has 0 fully saturated rings. The van der Waals surface area contributed by atoms with E-state index in [9.17, 15) is 14.7 Å². The molecule has 1 N–H and O–H groups in total. The number of carbonyl (C=O) groups is 2. The molecule has 7 heteroatoms. The topological polar surface area (TPSA) is 70.1 Å². The molecule has 2 aromatic rings. The van der Waals surface area contributed by atoms with Gasteiger partial charge < -0.3 is 14.7 Å². The fourth-order valence-electron chi connectivity index (χ4n) is 3.21. The number of hydrogen-bond acceptors (Lipinski definition) is 5. The minimum atomic E-state index is -0.447. The van der Waals surface area contributed by atoms with E-state index in [0.29, 0.717) is 27.6 Å². The van der Waals surface area contributed by atoms with Gasteiger partial charge in [-0.2, -0.15) is 0 Å². The van der Waals surface area contributed by atoms with Crippen molar-refractivity contribution in [3.05, 3.63) is 64.3 Å². The van der Waals surface area contributed by atoms with Crippen molar-refractivity contribution in [2.75, 3.05) is 32.2 Å². The number of halogens is 1. The van der Waals surface area contributed by atoms with E-state index in [-0.39, 0.29) is 24.4 Å². The second-order valence-corrected chi connectivity index (χ2v) is 6.83. The van der Waals surface area contributed by atoms with E-state index in [2.05, 4.69) is 0 Å². The molecule has 6 nitrogen and oxygen atoms in total. The van der Waals surface area contributed by atoms with Crippen LogP contribution in [0.1, 0.15) is 11.1 Å². The highest BCUT2D eigenvalue weighted by Gasteiger charge is 2.42. The van der Waals surface area contributed by atoms with Crippen LogP contribution in [0.5, 0.6) is 5.75 Å². The first kappa shape index (κ1) is 19.9. The number of aliphatic hydroxyl groups is 1. The number of likely N-dealkylation sites (N-methyl/N-ethyl adjacent to an activating group) is 1. The molecule has 1 heterocycles. The van der Waals surface area contributed by atoms with Crippen molar-refractivity contribution in [1.82, 2.24) is 4.90 Å². The maximum atomic E-state index is 13.3. The highest BCUT2D eigenvalue weighted by molar-refractivity contribution is 6.45. The van der Waals surface area contributed by atoms with Crippen molar-refractivity contribution >= 4 is 34.7 Å². The average molecular weight is 401 g/mol. The summed E-state index contributed by atoms with van der Waals surface area (Å²) in [6.07, 6.45) is 0. The molecule has 1 aliphatic heterocycles. The van der Waals surface area contributed by atoms with Gasteiger partial charge in [0.1, 0.15) is 11.4 Å². The van der Waals surface area contributed by atoms with Crippen LogP contribution in [0, 0.1) is 6.92 Å². The van der Waals surface area contributed by atoms with E-state index in [1.807, 2.05) is 0 Å². The third-order valence-corrected chi connectivity index (χ3v) is 5.14. The summed E-state index contributed by atoms with van der Waals surface area (Å²) in [5, 5.41) is 9.80. The van der Waals surface area contributed by atoms with Gasteiger partial charge in [-0.15, -0.1) is 0 Å². The number of amides is 2. The second-order valence-electron chi connectivity index (χ2n) is 6.43. The van der Waals surface area contributed by atoms with Crippen LogP contribution in [-0.4, -0.2) is 49.1 Å². The summed E-state index contributed by atoms with van der Waals surface area (Å²) in [7, 11) is 3.23. The number of aliphatic hydroxyl groups excluding tert-OH is 1. The van der Waals surface area contributed by atoms with Gasteiger partial charge >= 0.3 is 0 Å². The lowest BCUT2D eigenvalue weighted by atomic mass is 10.0. The minimum Gasteiger partial charge on any atom is -0.497 e. The zero-order valence-electron chi connectivity index (χ0n) is 15.9. The minimum absolute atomic E-state index is 0.145. The fraction of sp³-hybridized carbons (Fsp3) is 0.238. The zero-order valence-corrected chi connectivity index (χ0v) is 16.7. The van der Waals surface area contributed by atoms with E-state index in [1.54, 1.807) is 68.4 Å². The summed E-state index contributed by atoms with van der Waals surface area (Å²) >= 11 is 6.20. The Balaban J connectivity index is 2.15. The Morgan fingerprint density at radius 2 is 1.79 bits per heavy atom. The molecule has 0 aromatic heterocycles. The van der Waals surface area contributed by atoms with E-state index >= 15 is 0 Å². The average Bonchev–Trinajstić information content (AvgIpc) is 2.95. The summed E-state index contributed by atoms with van der Waals surface area (Å²) in [6.45, 7) is 1.84. The predicted molar refractivity (Wildman–Crippen MR) is 108 cm³/mol. The lowest BCUT2D eigenvalue weighted by Gasteiger charge is -2.21. The van der Waals surface area contributed by atoms with Crippen LogP contribution in [0.15, 0.2) is 48.2 Å². The molecule has 3 rings (SSSR count). The fourth-order valence-corrected chi connectivity index (χ4v) is 3.38. The smallest absolute Gasteiger partial charge is 0.282 e. The predicted octanol–water partition coefficient (Wildman–Crippen LogP) is 2.87. The number of benzene rings is 2. The van der Waals surface area contributed by atoms with Crippen molar-refractivity contribution in [3.8, 4) is 5.75 Å². The van der Waals surface area contributed by atoms with Crippen LogP contribution in [0.2, 0.25) is 5.02 Å². The van der Waals surface area contributed by atoms with Crippen molar-refractivity contribution in [3.63, 3.8) is 0 Å². The Labute approximate surface area is 168 Å². The normalized spacial score (nSPS) is 14.1. The standard InChI is InChI=1S/C21H21ClN2O4/c1-13-16(22)5-4-6-17(13)24-20(26)18(14-7-9-15(28-3)10-8-14)19(21(24)27)23(2)11-12-25/h4-10,25H,11-12H2,1-3H3. The number of nitrogens with zero attached hydrogens (tertiary/aromatic N) is 2. The largest absolute Gasteiger partial charge is 0.497 e. The highest BCUT2D eigenvalue weighted by atomic mass is 35.5. The summed E-state index contributed by atoms with van der Waals surface area (Å²) in [6, 6.07) is 12.0. The van der Waals surface area contributed by atoms with Gasteiger partial charge in [-0.05, 0) is 42.3 Å². The molecule has 0 radical (unpaired) electrons. The van der Waals surface area contributed by atoms with Crippen molar-refractivity contribution < 1.29 is 19.4 Å². The summed E-state index contributed by atoms with van der Waals surface area (Å²) in [4.78, 5) is 29.3. The van der Waals surface area contributed by atoms with Gasteiger partial charge in [-0.1, -0.05) is 29.8 Å². The Kier molecular flexibility index (Phi) is 5.72. The first-order valence-electron chi connectivity index (χ1n) is 8.75. The number of methoxy groups -OCH3 is 1. The van der Waals surface area contributed by atoms with Gasteiger partial charge in [0.15, 0.2) is 0 Å². The van der Waals surface area contributed by atoms with Crippen LogP contribution in [0.25, 0.3) is 5.57 Å². The van der Waals surface area contributed by atoms with E-state index in [1.165, 1.54) is 0 Å². The van der Waals surface area contributed by atoms with Crippen molar-refractivity contribution in [1.29, 1.82) is 0 Å². The van der Waals surface area contributed by atoms with E-state index in [0.717, 1.165) is 4.90 Å². The number of hydrogen-bond donors (Lipinski definition) is 1. The molecular formula is C21H21ClN2O4. The SMILES string of the molecule is COc1ccc(C2=C(N(C)CCO)C(=O)N(c3cccc(Cl)c3C)C2=O)cc1. The molecule has 28 heavy (non-hydrogen) atoms. The first-order valence-corrected chi connectivity index (χ1v) is 9.13. The maximum Gasteiger partial charge on any atom is 0.282 e. The molecule has 0 atom stereocenters. The Hall–Kier alpha value is -2.83. The van der Waals surface area contributed by atoms with Crippen molar-refractivity contribution in [2.24, 2.45) is 0 Å². The summed E-state index contributed by atoms with van der Waals surface area (Å²) in [5.74, 6) is -0.230.